The lowest BCUT2D eigenvalue weighted by atomic mass is 10.1. The van der Waals surface area contributed by atoms with E-state index in [1.54, 1.807) is 0 Å². The summed E-state index contributed by atoms with van der Waals surface area (Å²) in [5, 5.41) is 9.32. The second-order valence-electron chi connectivity index (χ2n) is 2.23. The lowest BCUT2D eigenvalue weighted by Crippen LogP contribution is -1.97. The van der Waals surface area contributed by atoms with Crippen molar-refractivity contribution in [2.45, 2.75) is 6.10 Å². The molecule has 1 N–H and O–H groups in total. The van der Waals surface area contributed by atoms with Crippen LogP contribution in [0.5, 0.6) is 0 Å². The highest BCUT2D eigenvalue weighted by Crippen LogP contribution is 2.16. The Morgan fingerprint density at radius 1 is 1.55 bits per heavy atom. The first kappa shape index (κ1) is 9.29. The van der Waals surface area contributed by atoms with Crippen molar-refractivity contribution < 1.29 is 5.11 Å². The highest BCUT2D eigenvalue weighted by molar-refractivity contribution is 14.1. The van der Waals surface area contributed by atoms with Gasteiger partial charge in [-0.1, -0.05) is 12.1 Å². The van der Waals surface area contributed by atoms with E-state index in [-0.39, 0.29) is 5.88 Å². The van der Waals surface area contributed by atoms with Gasteiger partial charge < -0.3 is 5.11 Å². The van der Waals surface area contributed by atoms with E-state index >= 15 is 0 Å². The van der Waals surface area contributed by atoms with Crippen molar-refractivity contribution in [2.75, 3.05) is 5.88 Å². The Morgan fingerprint density at radius 2 is 2.27 bits per heavy atom. The Morgan fingerprint density at radius 3 is 2.82 bits per heavy atom. The molecule has 0 spiro atoms. The van der Waals surface area contributed by atoms with E-state index in [0.29, 0.717) is 0 Å². The Kier molecular flexibility index (Phi) is 3.62. The maximum Gasteiger partial charge on any atom is 0.0925 e. The summed E-state index contributed by atoms with van der Waals surface area (Å²) in [7, 11) is 0. The van der Waals surface area contributed by atoms with E-state index in [9.17, 15) is 5.11 Å². The highest BCUT2D eigenvalue weighted by atomic mass is 127. The second kappa shape index (κ2) is 4.28. The van der Waals surface area contributed by atoms with Gasteiger partial charge in [0.25, 0.3) is 0 Å². The molecule has 3 heteroatoms. The van der Waals surface area contributed by atoms with E-state index in [4.69, 9.17) is 11.6 Å². The van der Waals surface area contributed by atoms with E-state index in [1.165, 1.54) is 0 Å². The predicted octanol–water partition coefficient (Wildman–Crippen LogP) is 2.56. The van der Waals surface area contributed by atoms with Crippen LogP contribution in [0, 0.1) is 3.57 Å². The van der Waals surface area contributed by atoms with Crippen LogP contribution in [0.4, 0.5) is 0 Å². The minimum atomic E-state index is -0.536. The number of aliphatic hydroxyl groups excluding tert-OH is 1. The van der Waals surface area contributed by atoms with Gasteiger partial charge in [-0.25, -0.2) is 0 Å². The molecule has 1 nitrogen and oxygen atoms in total. The van der Waals surface area contributed by atoms with Gasteiger partial charge in [0, 0.05) is 3.57 Å². The van der Waals surface area contributed by atoms with Gasteiger partial charge in [0.15, 0.2) is 0 Å². The molecule has 60 valence electrons. The molecular weight excluding hydrogens is 274 g/mol. The molecule has 0 heterocycles. The molecule has 1 aromatic carbocycles. The summed E-state index contributed by atoms with van der Waals surface area (Å²) >= 11 is 7.69. The second-order valence-corrected chi connectivity index (χ2v) is 3.78. The monoisotopic (exact) mass is 282 g/mol. The fourth-order valence-corrected chi connectivity index (χ4v) is 1.55. The lowest BCUT2D eigenvalue weighted by Gasteiger charge is -2.06. The molecule has 1 atom stereocenters. The normalized spacial score (nSPS) is 13.0. The topological polar surface area (TPSA) is 20.2 Å². The maximum atomic E-state index is 9.32. The number of halogens is 2. The lowest BCUT2D eigenvalue weighted by molar-refractivity contribution is 0.202. The molecule has 0 aliphatic rings. The van der Waals surface area contributed by atoms with Crippen molar-refractivity contribution in [2.24, 2.45) is 0 Å². The molecule has 0 aliphatic carbocycles. The molecule has 1 aromatic rings. The van der Waals surface area contributed by atoms with Crippen LogP contribution in [0.2, 0.25) is 0 Å². The molecule has 0 aliphatic heterocycles. The summed E-state index contributed by atoms with van der Waals surface area (Å²) < 4.78 is 1.12. The molecule has 0 radical (unpaired) electrons. The maximum absolute atomic E-state index is 9.32. The molecule has 0 amide bonds. The summed E-state index contributed by atoms with van der Waals surface area (Å²) in [5.74, 6) is 0.250. The smallest absolute Gasteiger partial charge is 0.0925 e. The molecule has 0 aromatic heterocycles. The third kappa shape index (κ3) is 2.61. The molecule has 1 rings (SSSR count). The number of rotatable bonds is 2. The van der Waals surface area contributed by atoms with Crippen LogP contribution in [0.25, 0.3) is 0 Å². The Labute approximate surface area is 84.5 Å². The molecule has 0 saturated heterocycles. The van der Waals surface area contributed by atoms with Crippen LogP contribution in [-0.4, -0.2) is 11.0 Å². The molecule has 0 fully saturated rings. The first-order chi connectivity index (χ1) is 5.24. The van der Waals surface area contributed by atoms with Crippen LogP contribution < -0.4 is 0 Å². The van der Waals surface area contributed by atoms with Crippen LogP contribution >= 0.6 is 34.2 Å². The molecule has 0 bridgehead atoms. The van der Waals surface area contributed by atoms with Gasteiger partial charge in [0.2, 0.25) is 0 Å². The average molecular weight is 283 g/mol. The van der Waals surface area contributed by atoms with Crippen LogP contribution in [0.15, 0.2) is 24.3 Å². The minimum Gasteiger partial charge on any atom is -0.387 e. The van der Waals surface area contributed by atoms with Crippen molar-refractivity contribution in [3.63, 3.8) is 0 Å². The highest BCUT2D eigenvalue weighted by Gasteiger charge is 2.04. The first-order valence-electron chi connectivity index (χ1n) is 3.23. The Bertz CT molecular complexity index is 239. The molecule has 11 heavy (non-hydrogen) atoms. The zero-order valence-corrected chi connectivity index (χ0v) is 8.71. The molecule has 0 unspecified atom stereocenters. The fraction of sp³-hybridized carbons (Fsp3) is 0.250. The van der Waals surface area contributed by atoms with Gasteiger partial charge in [-0.2, -0.15) is 0 Å². The Balaban J connectivity index is 2.86. The number of aliphatic hydroxyl groups is 1. The third-order valence-corrected chi connectivity index (χ3v) is 2.34. The van der Waals surface area contributed by atoms with E-state index in [2.05, 4.69) is 22.6 Å². The number of alkyl halides is 1. The average Bonchev–Trinajstić information content (AvgIpc) is 2.03. The van der Waals surface area contributed by atoms with Gasteiger partial charge in [-0.05, 0) is 40.3 Å². The minimum absolute atomic E-state index is 0.250. The fourth-order valence-electron chi connectivity index (χ4n) is 0.803. The van der Waals surface area contributed by atoms with Gasteiger partial charge in [-0.15, -0.1) is 11.6 Å². The van der Waals surface area contributed by atoms with Crippen LogP contribution in [0.1, 0.15) is 11.7 Å². The van der Waals surface area contributed by atoms with Crippen molar-refractivity contribution in [1.29, 1.82) is 0 Å². The van der Waals surface area contributed by atoms with E-state index in [0.717, 1.165) is 9.13 Å². The zero-order chi connectivity index (χ0) is 8.27. The van der Waals surface area contributed by atoms with Crippen molar-refractivity contribution in [1.82, 2.24) is 0 Å². The Hall–Kier alpha value is 0.200. The number of hydrogen-bond acceptors (Lipinski definition) is 1. The molecular formula is C8H8ClIO. The van der Waals surface area contributed by atoms with Gasteiger partial charge >= 0.3 is 0 Å². The van der Waals surface area contributed by atoms with E-state index in [1.807, 2.05) is 24.3 Å². The summed E-state index contributed by atoms with van der Waals surface area (Å²) in [6.45, 7) is 0. The van der Waals surface area contributed by atoms with Gasteiger partial charge in [-0.3, -0.25) is 0 Å². The summed E-state index contributed by atoms with van der Waals surface area (Å²) in [4.78, 5) is 0. The summed E-state index contributed by atoms with van der Waals surface area (Å²) in [5.41, 5.74) is 0.881. The summed E-state index contributed by atoms with van der Waals surface area (Å²) in [6, 6.07) is 7.68. The zero-order valence-electron chi connectivity index (χ0n) is 5.80. The van der Waals surface area contributed by atoms with Gasteiger partial charge in [0.1, 0.15) is 0 Å². The SMILES string of the molecule is O[C@H](CCl)c1cccc(I)c1. The number of benzene rings is 1. The van der Waals surface area contributed by atoms with Crippen LogP contribution in [-0.2, 0) is 0 Å². The van der Waals surface area contributed by atoms with Crippen molar-refractivity contribution in [3.05, 3.63) is 33.4 Å². The summed E-state index contributed by atoms with van der Waals surface area (Å²) in [6.07, 6.45) is -0.536. The largest absolute Gasteiger partial charge is 0.387 e. The predicted molar refractivity (Wildman–Crippen MR) is 54.8 cm³/mol. The van der Waals surface area contributed by atoms with Crippen LogP contribution in [0.3, 0.4) is 0 Å². The molecule has 0 saturated carbocycles. The van der Waals surface area contributed by atoms with Crippen molar-refractivity contribution in [3.8, 4) is 0 Å². The van der Waals surface area contributed by atoms with E-state index < -0.39 is 6.10 Å². The van der Waals surface area contributed by atoms with Crippen molar-refractivity contribution >= 4 is 34.2 Å². The number of hydrogen-bond donors (Lipinski definition) is 1. The standard InChI is InChI=1S/C8H8ClIO/c9-5-8(11)6-2-1-3-7(10)4-6/h1-4,8,11H,5H2/t8-/m1/s1. The van der Waals surface area contributed by atoms with Gasteiger partial charge in [0.05, 0.1) is 12.0 Å². The quantitative estimate of drug-likeness (QED) is 0.653. The first-order valence-corrected chi connectivity index (χ1v) is 4.85. The third-order valence-electron chi connectivity index (χ3n) is 1.38.